The fourth-order valence-corrected chi connectivity index (χ4v) is 8.78. The van der Waals surface area contributed by atoms with Crippen molar-refractivity contribution < 1.29 is 58.2 Å². The van der Waals surface area contributed by atoms with E-state index in [1.807, 2.05) is 0 Å². The number of ether oxygens (including phenoxy) is 5. The van der Waals surface area contributed by atoms with E-state index >= 15 is 0 Å². The Bertz CT molecular complexity index is 1660. The number of aliphatic carboxylic acids is 1. The normalized spacial score (nSPS) is 18.6. The number of esters is 3. The first-order chi connectivity index (χ1) is 37.6. The van der Waals surface area contributed by atoms with Crippen molar-refractivity contribution in [1.29, 1.82) is 0 Å². The monoisotopic (exact) mass is 1080 g/mol. The van der Waals surface area contributed by atoms with E-state index in [4.69, 9.17) is 23.7 Å². The van der Waals surface area contributed by atoms with Crippen LogP contribution in [0.4, 0.5) is 0 Å². The first-order valence-corrected chi connectivity index (χ1v) is 30.6. The molecule has 12 nitrogen and oxygen atoms in total. The minimum atomic E-state index is -1.92. The van der Waals surface area contributed by atoms with Gasteiger partial charge in [0.1, 0.15) is 18.8 Å². The van der Waals surface area contributed by atoms with Gasteiger partial charge in [-0.15, -0.1) is 0 Å². The molecule has 1 saturated heterocycles. The number of allylic oxidation sites excluding steroid dienone is 14. The third-order valence-electron chi connectivity index (χ3n) is 13.5. The van der Waals surface area contributed by atoms with E-state index in [2.05, 4.69) is 106 Å². The van der Waals surface area contributed by atoms with Crippen LogP contribution < -0.4 is 0 Å². The number of aliphatic hydroxyl groups excluding tert-OH is 2. The highest BCUT2D eigenvalue weighted by molar-refractivity contribution is 5.74. The van der Waals surface area contributed by atoms with Crippen molar-refractivity contribution in [2.75, 3.05) is 13.2 Å². The molecular formula is C65H108O12. The van der Waals surface area contributed by atoms with E-state index in [-0.39, 0.29) is 25.9 Å². The van der Waals surface area contributed by atoms with Crippen molar-refractivity contribution >= 4 is 23.9 Å². The Morgan fingerprint density at radius 1 is 0.442 bits per heavy atom. The molecule has 0 aromatic rings. The molecule has 0 amide bonds. The van der Waals surface area contributed by atoms with Gasteiger partial charge in [0.15, 0.2) is 24.6 Å². The van der Waals surface area contributed by atoms with Crippen molar-refractivity contribution in [3.05, 3.63) is 85.1 Å². The van der Waals surface area contributed by atoms with Crippen molar-refractivity contribution in [1.82, 2.24) is 0 Å². The molecule has 12 heteroatoms. The second-order valence-corrected chi connectivity index (χ2v) is 20.6. The molecule has 1 rings (SSSR count). The summed E-state index contributed by atoms with van der Waals surface area (Å²) in [6, 6.07) is 0. The van der Waals surface area contributed by atoms with Crippen LogP contribution in [0, 0.1) is 0 Å². The lowest BCUT2D eigenvalue weighted by Gasteiger charge is -2.40. The van der Waals surface area contributed by atoms with Crippen LogP contribution in [0.25, 0.3) is 0 Å². The largest absolute Gasteiger partial charge is 0.479 e. The minimum Gasteiger partial charge on any atom is -0.479 e. The van der Waals surface area contributed by atoms with E-state index in [0.717, 1.165) is 116 Å². The Hall–Kier alpha value is -4.10. The van der Waals surface area contributed by atoms with E-state index in [1.54, 1.807) is 0 Å². The lowest BCUT2D eigenvalue weighted by Crippen LogP contribution is -2.61. The molecule has 0 aromatic heterocycles. The Balaban J connectivity index is 2.70. The van der Waals surface area contributed by atoms with Crippen LogP contribution in [-0.2, 0) is 42.9 Å². The topological polar surface area (TPSA) is 175 Å². The molecule has 1 fully saturated rings. The number of carbonyl (C=O) groups excluding carboxylic acids is 3. The van der Waals surface area contributed by atoms with E-state index in [9.17, 15) is 34.5 Å². The van der Waals surface area contributed by atoms with Crippen LogP contribution in [-0.4, -0.2) is 89.2 Å². The van der Waals surface area contributed by atoms with Crippen molar-refractivity contribution in [2.24, 2.45) is 0 Å². The van der Waals surface area contributed by atoms with E-state index in [0.29, 0.717) is 19.3 Å². The summed E-state index contributed by atoms with van der Waals surface area (Å²) in [5.74, 6) is -3.17. The Morgan fingerprint density at radius 2 is 0.818 bits per heavy atom. The molecule has 1 aliphatic rings. The molecule has 0 saturated carbocycles. The van der Waals surface area contributed by atoms with Crippen molar-refractivity contribution in [3.63, 3.8) is 0 Å². The smallest absolute Gasteiger partial charge is 0.335 e. The number of rotatable bonds is 51. The summed E-state index contributed by atoms with van der Waals surface area (Å²) in [6.45, 7) is 5.83. The van der Waals surface area contributed by atoms with Crippen LogP contribution in [0.3, 0.4) is 0 Å². The summed E-state index contributed by atoms with van der Waals surface area (Å²) >= 11 is 0. The molecule has 440 valence electrons. The van der Waals surface area contributed by atoms with Crippen LogP contribution >= 0.6 is 0 Å². The summed E-state index contributed by atoms with van der Waals surface area (Å²) in [7, 11) is 0. The minimum absolute atomic E-state index is 0.0180. The standard InChI is InChI=1S/C65H108O12/c1-4-7-10-13-16-19-22-25-27-28-29-30-32-35-38-41-44-47-50-53-59(68)76-63-61(70)60(69)62(64(71)72)77-65(63)74-55-56(75-58(67)52-49-46-43-40-37-33-24-21-18-15-12-9-6-3)54-73-57(66)51-48-45-42-39-36-34-31-26-23-20-17-14-11-8-5-2/h7,10,16-17,19-20,25-27,29-31,35,38,56,60-63,65,69-70H,4-6,8-9,11-15,18,21-24,28,32-34,36-37,39-55H2,1-3H3,(H,71,72)/b10-7-,19-16-,20-17-,27-25-,30-29-,31-26-,38-35-. The zero-order chi connectivity index (χ0) is 56.1. The van der Waals surface area contributed by atoms with Gasteiger partial charge in [-0.05, 0) is 96.3 Å². The average molecular weight is 1080 g/mol. The van der Waals surface area contributed by atoms with Crippen LogP contribution in [0.5, 0.6) is 0 Å². The van der Waals surface area contributed by atoms with E-state index in [1.165, 1.54) is 77.0 Å². The third kappa shape index (κ3) is 42.5. The number of hydrogen-bond acceptors (Lipinski definition) is 11. The first-order valence-electron chi connectivity index (χ1n) is 30.6. The van der Waals surface area contributed by atoms with Crippen molar-refractivity contribution in [3.8, 4) is 0 Å². The van der Waals surface area contributed by atoms with Gasteiger partial charge in [0.05, 0.1) is 6.61 Å². The zero-order valence-corrected chi connectivity index (χ0v) is 48.4. The molecular weight excluding hydrogens is 973 g/mol. The maximum Gasteiger partial charge on any atom is 0.335 e. The molecule has 0 spiro atoms. The van der Waals surface area contributed by atoms with Gasteiger partial charge >= 0.3 is 23.9 Å². The van der Waals surface area contributed by atoms with Crippen molar-refractivity contribution in [2.45, 2.75) is 289 Å². The van der Waals surface area contributed by atoms with E-state index < -0.39 is 67.3 Å². The predicted molar refractivity (Wildman–Crippen MR) is 312 cm³/mol. The fourth-order valence-electron chi connectivity index (χ4n) is 8.78. The number of aliphatic hydroxyl groups is 2. The maximum absolute atomic E-state index is 13.1. The summed E-state index contributed by atoms with van der Waals surface area (Å²) < 4.78 is 28.4. The quantitative estimate of drug-likeness (QED) is 0.0228. The third-order valence-corrected chi connectivity index (χ3v) is 13.5. The highest BCUT2D eigenvalue weighted by atomic mass is 16.7. The van der Waals surface area contributed by atoms with Crippen LogP contribution in [0.2, 0.25) is 0 Å². The second-order valence-electron chi connectivity index (χ2n) is 20.6. The molecule has 0 aromatic carbocycles. The summed E-state index contributed by atoms with van der Waals surface area (Å²) in [5, 5.41) is 31.5. The number of unbranched alkanes of at least 4 members (excludes halogenated alkanes) is 23. The fraction of sp³-hybridized carbons (Fsp3) is 0.723. The molecule has 0 bridgehead atoms. The van der Waals surface area contributed by atoms with Gasteiger partial charge in [-0.1, -0.05) is 221 Å². The molecule has 1 heterocycles. The van der Waals surface area contributed by atoms with Gasteiger partial charge < -0.3 is 39.0 Å². The summed E-state index contributed by atoms with van der Waals surface area (Å²) in [4.78, 5) is 51.2. The average Bonchev–Trinajstić information content (AvgIpc) is 3.42. The predicted octanol–water partition coefficient (Wildman–Crippen LogP) is 15.9. The summed E-state index contributed by atoms with van der Waals surface area (Å²) in [6.07, 6.45) is 55.4. The summed E-state index contributed by atoms with van der Waals surface area (Å²) in [5.41, 5.74) is 0. The second kappa shape index (κ2) is 52.6. The van der Waals surface area contributed by atoms with Gasteiger partial charge in [-0.2, -0.15) is 0 Å². The van der Waals surface area contributed by atoms with Gasteiger partial charge in [-0.25, -0.2) is 4.79 Å². The molecule has 6 unspecified atom stereocenters. The Kier molecular flexibility index (Phi) is 48.4. The number of carboxylic acid groups (broad SMARTS) is 1. The molecule has 3 N–H and O–H groups in total. The Labute approximate surface area is 467 Å². The Morgan fingerprint density at radius 3 is 1.29 bits per heavy atom. The molecule has 1 aliphatic heterocycles. The van der Waals surface area contributed by atoms with Crippen LogP contribution in [0.1, 0.15) is 252 Å². The van der Waals surface area contributed by atoms with Gasteiger partial charge in [-0.3, -0.25) is 14.4 Å². The number of carbonyl (C=O) groups is 4. The molecule has 0 radical (unpaired) electrons. The number of hydrogen-bond donors (Lipinski definition) is 3. The molecule has 77 heavy (non-hydrogen) atoms. The number of carboxylic acids is 1. The van der Waals surface area contributed by atoms with Gasteiger partial charge in [0.2, 0.25) is 0 Å². The van der Waals surface area contributed by atoms with Crippen LogP contribution in [0.15, 0.2) is 85.1 Å². The molecule has 6 atom stereocenters. The maximum atomic E-state index is 13.1. The van der Waals surface area contributed by atoms with Gasteiger partial charge in [0, 0.05) is 19.3 Å². The highest BCUT2D eigenvalue weighted by Crippen LogP contribution is 2.26. The first kappa shape index (κ1) is 70.9. The highest BCUT2D eigenvalue weighted by Gasteiger charge is 2.50. The SMILES string of the molecule is CC/C=C\C/C=C\C/C=C\C/C=C\C/C=C\CCCCCC(=O)OC1C(OCC(COC(=O)CCCCCCC/C=C\C/C=C\CCCCC)OC(=O)CCCCCCCCCCCCCCC)OC(C(=O)O)C(O)C1O. The van der Waals surface area contributed by atoms with Gasteiger partial charge in [0.25, 0.3) is 0 Å². The lowest BCUT2D eigenvalue weighted by atomic mass is 9.98. The lowest BCUT2D eigenvalue weighted by molar-refractivity contribution is -0.301. The zero-order valence-electron chi connectivity index (χ0n) is 48.4. The molecule has 0 aliphatic carbocycles.